The first kappa shape index (κ1) is 23.4. The molecule has 1 aromatic carbocycles. The molecule has 164 valence electrons. The Bertz CT molecular complexity index is 870. The Labute approximate surface area is 179 Å². The van der Waals surface area contributed by atoms with Crippen LogP contribution in [0.25, 0.3) is 0 Å². The van der Waals surface area contributed by atoms with Crippen molar-refractivity contribution in [3.8, 4) is 0 Å². The number of hydrogen-bond donors (Lipinski definition) is 3. The van der Waals surface area contributed by atoms with Crippen molar-refractivity contribution in [2.75, 3.05) is 33.7 Å². The summed E-state index contributed by atoms with van der Waals surface area (Å²) in [5.41, 5.74) is 4.98. The average Bonchev–Trinajstić information content (AvgIpc) is 2.95. The van der Waals surface area contributed by atoms with Crippen molar-refractivity contribution in [3.05, 3.63) is 52.3 Å². The highest BCUT2D eigenvalue weighted by Gasteiger charge is 2.10. The number of carbonyl (C=O) groups excluding carboxylic acids is 1. The van der Waals surface area contributed by atoms with Gasteiger partial charge in [-0.1, -0.05) is 12.1 Å². The van der Waals surface area contributed by atoms with Gasteiger partial charge in [-0.05, 0) is 52.6 Å². The number of aryl methyl sites for hydroxylation is 2. The number of benzene rings is 1. The van der Waals surface area contributed by atoms with Crippen LogP contribution in [0.1, 0.15) is 39.8 Å². The Hall–Kier alpha value is -2.87. The standard InChI is InChI=1S/C22H35N7O/c1-7-23-22(26-15-20-16(2)27-29(6)17(20)3)25-14-18-9-8-10-19(13-18)21(30)24-11-12-28(4)5/h8-10,13H,7,11-12,14-15H2,1-6H3,(H,24,30)(H2,23,25,26). The summed E-state index contributed by atoms with van der Waals surface area (Å²) >= 11 is 0. The molecule has 8 heteroatoms. The summed E-state index contributed by atoms with van der Waals surface area (Å²) < 4.78 is 1.89. The van der Waals surface area contributed by atoms with E-state index in [0.29, 0.717) is 25.2 Å². The van der Waals surface area contributed by atoms with Crippen LogP contribution >= 0.6 is 0 Å². The molecule has 0 radical (unpaired) electrons. The predicted octanol–water partition coefficient (Wildman–Crippen LogP) is 1.58. The lowest BCUT2D eigenvalue weighted by Crippen LogP contribution is -2.37. The number of likely N-dealkylation sites (N-methyl/N-ethyl adjacent to an activating group) is 1. The molecule has 1 heterocycles. The van der Waals surface area contributed by atoms with Gasteiger partial charge in [0.2, 0.25) is 0 Å². The lowest BCUT2D eigenvalue weighted by molar-refractivity contribution is 0.0951. The van der Waals surface area contributed by atoms with Gasteiger partial charge in [0.15, 0.2) is 5.96 Å². The van der Waals surface area contributed by atoms with Gasteiger partial charge in [0, 0.05) is 50.0 Å². The quantitative estimate of drug-likeness (QED) is 0.429. The number of hydrogen-bond acceptors (Lipinski definition) is 4. The minimum atomic E-state index is -0.0600. The second kappa shape index (κ2) is 11.3. The first-order chi connectivity index (χ1) is 14.3. The van der Waals surface area contributed by atoms with E-state index in [1.807, 2.05) is 68.8 Å². The van der Waals surface area contributed by atoms with Gasteiger partial charge in [0.05, 0.1) is 12.2 Å². The number of rotatable bonds is 9. The number of nitrogens with zero attached hydrogens (tertiary/aromatic N) is 4. The minimum absolute atomic E-state index is 0.0600. The molecule has 0 unspecified atom stereocenters. The second-order valence-electron chi connectivity index (χ2n) is 7.58. The summed E-state index contributed by atoms with van der Waals surface area (Å²) in [5, 5.41) is 14.1. The molecule has 1 amide bonds. The zero-order valence-corrected chi connectivity index (χ0v) is 19.0. The maximum absolute atomic E-state index is 12.3. The van der Waals surface area contributed by atoms with Crippen LogP contribution in [0.2, 0.25) is 0 Å². The number of guanidine groups is 1. The summed E-state index contributed by atoms with van der Waals surface area (Å²) in [7, 11) is 5.92. The minimum Gasteiger partial charge on any atom is -0.357 e. The van der Waals surface area contributed by atoms with Gasteiger partial charge >= 0.3 is 0 Å². The molecule has 0 spiro atoms. The topological polar surface area (TPSA) is 86.6 Å². The van der Waals surface area contributed by atoms with Gasteiger partial charge in [-0.2, -0.15) is 5.10 Å². The molecule has 0 aliphatic heterocycles. The van der Waals surface area contributed by atoms with Gasteiger partial charge in [0.25, 0.3) is 5.91 Å². The molecule has 1 aromatic heterocycles. The third-order valence-corrected chi connectivity index (χ3v) is 4.89. The van der Waals surface area contributed by atoms with Crippen molar-refractivity contribution >= 4 is 11.9 Å². The van der Waals surface area contributed by atoms with Crippen LogP contribution in [0.4, 0.5) is 0 Å². The fraction of sp³-hybridized carbons (Fsp3) is 0.500. The third-order valence-electron chi connectivity index (χ3n) is 4.89. The van der Waals surface area contributed by atoms with Crippen LogP contribution in [0.3, 0.4) is 0 Å². The SMILES string of the molecule is CCNC(=NCc1cccc(C(=O)NCCN(C)C)c1)NCc1c(C)nn(C)c1C. The molecular weight excluding hydrogens is 378 g/mol. The van der Waals surface area contributed by atoms with Crippen LogP contribution < -0.4 is 16.0 Å². The van der Waals surface area contributed by atoms with Crippen LogP contribution in [-0.4, -0.2) is 60.3 Å². The summed E-state index contributed by atoms with van der Waals surface area (Å²) in [5.74, 6) is 0.677. The van der Waals surface area contributed by atoms with E-state index in [9.17, 15) is 4.79 Å². The van der Waals surface area contributed by atoms with E-state index in [0.717, 1.165) is 36.0 Å². The molecule has 0 aliphatic rings. The van der Waals surface area contributed by atoms with Crippen molar-refractivity contribution in [2.45, 2.75) is 33.9 Å². The van der Waals surface area contributed by atoms with Crippen molar-refractivity contribution in [1.82, 2.24) is 30.6 Å². The molecule has 0 atom stereocenters. The van der Waals surface area contributed by atoms with E-state index in [1.54, 1.807) is 0 Å². The Morgan fingerprint density at radius 3 is 2.60 bits per heavy atom. The van der Waals surface area contributed by atoms with Gasteiger partial charge < -0.3 is 20.9 Å². The number of amides is 1. The molecule has 2 aromatic rings. The highest BCUT2D eigenvalue weighted by Crippen LogP contribution is 2.11. The molecule has 2 rings (SSSR count). The van der Waals surface area contributed by atoms with E-state index >= 15 is 0 Å². The van der Waals surface area contributed by atoms with Crippen LogP contribution in [-0.2, 0) is 20.1 Å². The monoisotopic (exact) mass is 413 g/mol. The van der Waals surface area contributed by atoms with Crippen molar-refractivity contribution in [2.24, 2.45) is 12.0 Å². The van der Waals surface area contributed by atoms with E-state index in [2.05, 4.69) is 33.0 Å². The lowest BCUT2D eigenvalue weighted by atomic mass is 10.1. The van der Waals surface area contributed by atoms with E-state index < -0.39 is 0 Å². The molecule has 30 heavy (non-hydrogen) atoms. The Balaban J connectivity index is 2.01. The largest absolute Gasteiger partial charge is 0.357 e. The molecule has 0 saturated heterocycles. The van der Waals surface area contributed by atoms with E-state index in [-0.39, 0.29) is 5.91 Å². The summed E-state index contributed by atoms with van der Waals surface area (Å²) in [6, 6.07) is 7.61. The summed E-state index contributed by atoms with van der Waals surface area (Å²) in [4.78, 5) is 19.1. The zero-order chi connectivity index (χ0) is 22.1. The first-order valence-electron chi connectivity index (χ1n) is 10.3. The highest BCUT2D eigenvalue weighted by atomic mass is 16.1. The molecular formula is C22H35N7O. The van der Waals surface area contributed by atoms with Crippen molar-refractivity contribution < 1.29 is 4.79 Å². The lowest BCUT2D eigenvalue weighted by Gasteiger charge is -2.12. The fourth-order valence-electron chi connectivity index (χ4n) is 3.06. The summed E-state index contributed by atoms with van der Waals surface area (Å²) in [6.45, 7) is 9.46. The molecule has 0 saturated carbocycles. The second-order valence-corrected chi connectivity index (χ2v) is 7.58. The van der Waals surface area contributed by atoms with Crippen LogP contribution in [0, 0.1) is 13.8 Å². The number of aromatic nitrogens is 2. The summed E-state index contributed by atoms with van der Waals surface area (Å²) in [6.07, 6.45) is 0. The molecule has 0 fully saturated rings. The predicted molar refractivity (Wildman–Crippen MR) is 122 cm³/mol. The number of carbonyl (C=O) groups is 1. The van der Waals surface area contributed by atoms with Crippen molar-refractivity contribution in [3.63, 3.8) is 0 Å². The molecule has 0 aliphatic carbocycles. The van der Waals surface area contributed by atoms with E-state index in [4.69, 9.17) is 0 Å². The normalized spacial score (nSPS) is 11.6. The maximum atomic E-state index is 12.3. The van der Waals surface area contributed by atoms with Gasteiger partial charge in [0.1, 0.15) is 0 Å². The molecule has 8 nitrogen and oxygen atoms in total. The molecule has 0 bridgehead atoms. The Morgan fingerprint density at radius 1 is 1.20 bits per heavy atom. The fourth-order valence-corrected chi connectivity index (χ4v) is 3.06. The van der Waals surface area contributed by atoms with Gasteiger partial charge in [-0.25, -0.2) is 4.99 Å². The van der Waals surface area contributed by atoms with Crippen molar-refractivity contribution in [1.29, 1.82) is 0 Å². The Kier molecular flexibility index (Phi) is 8.86. The Morgan fingerprint density at radius 2 is 1.97 bits per heavy atom. The third kappa shape index (κ3) is 6.88. The van der Waals surface area contributed by atoms with Crippen LogP contribution in [0.5, 0.6) is 0 Å². The number of nitrogens with one attached hydrogen (secondary N) is 3. The smallest absolute Gasteiger partial charge is 0.251 e. The maximum Gasteiger partial charge on any atom is 0.251 e. The average molecular weight is 414 g/mol. The van der Waals surface area contributed by atoms with Gasteiger partial charge in [-0.15, -0.1) is 0 Å². The molecule has 3 N–H and O–H groups in total. The zero-order valence-electron chi connectivity index (χ0n) is 19.0. The van der Waals surface area contributed by atoms with Crippen LogP contribution in [0.15, 0.2) is 29.3 Å². The number of aliphatic imine (C=N–C) groups is 1. The van der Waals surface area contributed by atoms with Gasteiger partial charge in [-0.3, -0.25) is 9.48 Å². The highest BCUT2D eigenvalue weighted by molar-refractivity contribution is 5.94. The van der Waals surface area contributed by atoms with E-state index in [1.165, 1.54) is 5.56 Å². The first-order valence-corrected chi connectivity index (χ1v) is 10.3.